The summed E-state index contributed by atoms with van der Waals surface area (Å²) in [5.41, 5.74) is 4.25. The Morgan fingerprint density at radius 1 is 1.14 bits per heavy atom. The first-order valence-electron chi connectivity index (χ1n) is 9.09. The number of aromatic carboxylic acids is 1. The van der Waals surface area contributed by atoms with Crippen molar-refractivity contribution < 1.29 is 14.7 Å². The van der Waals surface area contributed by atoms with Gasteiger partial charge in [0, 0.05) is 49.0 Å². The lowest BCUT2D eigenvalue weighted by Gasteiger charge is -2.14. The number of carbonyl (C=O) groups excluding carboxylic acids is 1. The summed E-state index contributed by atoms with van der Waals surface area (Å²) in [7, 11) is 0. The number of carboxylic acids is 1. The van der Waals surface area contributed by atoms with Gasteiger partial charge in [-0.3, -0.25) is 19.4 Å². The van der Waals surface area contributed by atoms with E-state index in [0.29, 0.717) is 31.5 Å². The predicted molar refractivity (Wildman–Crippen MR) is 101 cm³/mol. The first kappa shape index (κ1) is 17.8. The highest BCUT2D eigenvalue weighted by molar-refractivity contribution is 5.93. The van der Waals surface area contributed by atoms with E-state index in [1.807, 2.05) is 12.3 Å². The Labute approximate surface area is 161 Å². The first-order valence-corrected chi connectivity index (χ1v) is 9.09. The van der Waals surface area contributed by atoms with Gasteiger partial charge >= 0.3 is 5.97 Å². The number of rotatable bonds is 6. The summed E-state index contributed by atoms with van der Waals surface area (Å²) < 4.78 is 1.54. The minimum absolute atomic E-state index is 0.201. The van der Waals surface area contributed by atoms with Gasteiger partial charge in [0.2, 0.25) is 0 Å². The molecule has 0 aromatic carbocycles. The number of pyridine rings is 2. The molecule has 8 heteroatoms. The van der Waals surface area contributed by atoms with Crippen LogP contribution in [0.25, 0.3) is 11.3 Å². The van der Waals surface area contributed by atoms with Crippen LogP contribution in [0.3, 0.4) is 0 Å². The number of nitrogens with one attached hydrogen (secondary N) is 1. The Balaban J connectivity index is 1.48. The molecule has 1 amide bonds. The van der Waals surface area contributed by atoms with Crippen LogP contribution in [0, 0.1) is 0 Å². The van der Waals surface area contributed by atoms with Crippen molar-refractivity contribution >= 4 is 11.9 Å². The fraction of sp³-hybridized carbons (Fsp3) is 0.250. The maximum Gasteiger partial charge on any atom is 0.354 e. The van der Waals surface area contributed by atoms with Crippen LogP contribution in [-0.4, -0.2) is 43.3 Å². The number of amides is 1. The van der Waals surface area contributed by atoms with Gasteiger partial charge in [0.1, 0.15) is 5.69 Å². The molecule has 0 bridgehead atoms. The third-order valence-electron chi connectivity index (χ3n) is 4.81. The van der Waals surface area contributed by atoms with Crippen LogP contribution in [0.2, 0.25) is 0 Å². The van der Waals surface area contributed by atoms with Crippen molar-refractivity contribution in [2.24, 2.45) is 0 Å². The third kappa shape index (κ3) is 3.36. The molecule has 0 unspecified atom stereocenters. The fourth-order valence-electron chi connectivity index (χ4n) is 3.50. The summed E-state index contributed by atoms with van der Waals surface area (Å²) in [6.45, 7) is 0.820. The molecule has 28 heavy (non-hydrogen) atoms. The lowest BCUT2D eigenvalue weighted by molar-refractivity contribution is 0.0681. The van der Waals surface area contributed by atoms with E-state index < -0.39 is 5.97 Å². The van der Waals surface area contributed by atoms with Gasteiger partial charge < -0.3 is 10.4 Å². The molecule has 0 aliphatic heterocycles. The smallest absolute Gasteiger partial charge is 0.354 e. The van der Waals surface area contributed by atoms with Crippen LogP contribution in [0.15, 0.2) is 43.0 Å². The maximum atomic E-state index is 12.1. The van der Waals surface area contributed by atoms with Crippen molar-refractivity contribution in [3.8, 4) is 11.3 Å². The van der Waals surface area contributed by atoms with Gasteiger partial charge in [-0.25, -0.2) is 4.79 Å². The van der Waals surface area contributed by atoms with E-state index in [0.717, 1.165) is 28.8 Å². The Bertz CT molecular complexity index is 1030. The van der Waals surface area contributed by atoms with Gasteiger partial charge in [0.05, 0.1) is 11.3 Å². The van der Waals surface area contributed by atoms with Gasteiger partial charge in [0.15, 0.2) is 0 Å². The molecule has 142 valence electrons. The van der Waals surface area contributed by atoms with Crippen LogP contribution in [0.5, 0.6) is 0 Å². The molecule has 0 spiro atoms. The quantitative estimate of drug-likeness (QED) is 0.636. The van der Waals surface area contributed by atoms with E-state index in [2.05, 4.69) is 20.4 Å². The predicted octanol–water partition coefficient (Wildman–Crippen LogP) is 1.96. The van der Waals surface area contributed by atoms with Crippen molar-refractivity contribution in [1.29, 1.82) is 0 Å². The monoisotopic (exact) mass is 377 g/mol. The average molecular weight is 377 g/mol. The Hall–Kier alpha value is -3.55. The summed E-state index contributed by atoms with van der Waals surface area (Å²) in [4.78, 5) is 32.0. The SMILES string of the molecule is O=C(NCCCn1nc2c(c1C(=O)O)CCc1cnccc1-2)c1cccnc1. The number of hydrogen-bond acceptors (Lipinski definition) is 5. The molecule has 0 atom stereocenters. The zero-order chi connectivity index (χ0) is 19.5. The zero-order valence-electron chi connectivity index (χ0n) is 15.1. The molecule has 3 heterocycles. The van der Waals surface area contributed by atoms with Gasteiger partial charge in [-0.15, -0.1) is 0 Å². The number of nitrogens with zero attached hydrogens (tertiary/aromatic N) is 4. The Morgan fingerprint density at radius 2 is 2.00 bits per heavy atom. The second-order valence-electron chi connectivity index (χ2n) is 6.59. The molecule has 3 aromatic heterocycles. The summed E-state index contributed by atoms with van der Waals surface area (Å²) in [6.07, 6.45) is 8.57. The van der Waals surface area contributed by atoms with E-state index in [1.165, 1.54) is 6.20 Å². The molecule has 1 aliphatic rings. The van der Waals surface area contributed by atoms with E-state index >= 15 is 0 Å². The lowest BCUT2D eigenvalue weighted by atomic mass is 9.90. The number of carboxylic acid groups (broad SMARTS) is 1. The topological polar surface area (TPSA) is 110 Å². The third-order valence-corrected chi connectivity index (χ3v) is 4.81. The maximum absolute atomic E-state index is 12.1. The highest BCUT2D eigenvalue weighted by Gasteiger charge is 2.27. The zero-order valence-corrected chi connectivity index (χ0v) is 15.1. The second kappa shape index (κ2) is 7.59. The van der Waals surface area contributed by atoms with E-state index in [4.69, 9.17) is 0 Å². The molecule has 0 fully saturated rings. The molecular weight excluding hydrogens is 358 g/mol. The van der Waals surface area contributed by atoms with Crippen molar-refractivity contribution in [2.75, 3.05) is 6.54 Å². The molecule has 0 saturated heterocycles. The number of carbonyl (C=O) groups is 2. The molecular formula is C20H19N5O3. The molecule has 2 N–H and O–H groups in total. The van der Waals surface area contributed by atoms with E-state index in [-0.39, 0.29) is 11.6 Å². The van der Waals surface area contributed by atoms with Crippen LogP contribution in [0.1, 0.15) is 38.4 Å². The van der Waals surface area contributed by atoms with Crippen LogP contribution in [-0.2, 0) is 19.4 Å². The largest absolute Gasteiger partial charge is 0.477 e. The standard InChI is InChI=1S/C20H19N5O3/c26-19(14-3-1-7-21-12-14)23-8-2-10-25-18(20(27)28)16-5-4-13-11-22-9-6-15(13)17(16)24-25/h1,3,6-7,9,11-12H,2,4-5,8,10H2,(H,23,26)(H,27,28). The average Bonchev–Trinajstić information content (AvgIpc) is 3.11. The molecule has 0 radical (unpaired) electrons. The van der Waals surface area contributed by atoms with Crippen molar-refractivity contribution in [3.63, 3.8) is 0 Å². The van der Waals surface area contributed by atoms with Crippen molar-refractivity contribution in [1.82, 2.24) is 25.1 Å². The molecule has 4 rings (SSSR count). The van der Waals surface area contributed by atoms with Crippen LogP contribution in [0.4, 0.5) is 0 Å². The van der Waals surface area contributed by atoms with Gasteiger partial charge in [0.25, 0.3) is 5.91 Å². The van der Waals surface area contributed by atoms with Crippen LogP contribution >= 0.6 is 0 Å². The number of aryl methyl sites for hydroxylation is 2. The van der Waals surface area contributed by atoms with E-state index in [9.17, 15) is 14.7 Å². The van der Waals surface area contributed by atoms with Gasteiger partial charge in [-0.2, -0.15) is 5.10 Å². The first-order chi connectivity index (χ1) is 13.6. The van der Waals surface area contributed by atoms with Crippen molar-refractivity contribution in [2.45, 2.75) is 25.8 Å². The van der Waals surface area contributed by atoms with Gasteiger partial charge in [-0.1, -0.05) is 0 Å². The fourth-order valence-corrected chi connectivity index (χ4v) is 3.50. The number of aromatic nitrogens is 4. The Morgan fingerprint density at radius 3 is 2.79 bits per heavy atom. The molecule has 8 nitrogen and oxygen atoms in total. The van der Waals surface area contributed by atoms with E-state index in [1.54, 1.807) is 29.2 Å². The van der Waals surface area contributed by atoms with Gasteiger partial charge in [-0.05, 0) is 43.0 Å². The minimum atomic E-state index is -0.981. The highest BCUT2D eigenvalue weighted by Crippen LogP contribution is 2.34. The Kier molecular flexibility index (Phi) is 4.84. The molecule has 3 aromatic rings. The molecule has 0 saturated carbocycles. The molecule has 1 aliphatic carbocycles. The number of fused-ring (bicyclic) bond motifs is 3. The summed E-state index contributed by atoms with van der Waals surface area (Å²) in [5, 5.41) is 17.1. The highest BCUT2D eigenvalue weighted by atomic mass is 16.4. The minimum Gasteiger partial charge on any atom is -0.477 e. The summed E-state index contributed by atoms with van der Waals surface area (Å²) in [5.74, 6) is -1.18. The second-order valence-corrected chi connectivity index (χ2v) is 6.59. The number of hydrogen-bond donors (Lipinski definition) is 2. The van der Waals surface area contributed by atoms with Crippen molar-refractivity contribution in [3.05, 3.63) is 65.4 Å². The normalized spacial score (nSPS) is 12.1. The van der Waals surface area contributed by atoms with Crippen LogP contribution < -0.4 is 5.32 Å². The lowest BCUT2D eigenvalue weighted by Crippen LogP contribution is -2.25. The summed E-state index contributed by atoms with van der Waals surface area (Å²) in [6, 6.07) is 5.28. The summed E-state index contributed by atoms with van der Waals surface area (Å²) >= 11 is 0.